The number of hydrogen-bond acceptors (Lipinski definition) is 3. The van der Waals surface area contributed by atoms with Crippen molar-refractivity contribution in [1.82, 2.24) is 4.98 Å². The van der Waals surface area contributed by atoms with Crippen molar-refractivity contribution in [3.05, 3.63) is 51.7 Å². The van der Waals surface area contributed by atoms with Crippen LogP contribution in [0.15, 0.2) is 41.4 Å². The van der Waals surface area contributed by atoms with Crippen LogP contribution in [0.3, 0.4) is 0 Å². The van der Waals surface area contributed by atoms with E-state index in [4.69, 9.17) is 34.8 Å². The fraction of sp³-hybridized carbons (Fsp3) is 0. The lowest BCUT2D eigenvalue weighted by Gasteiger charge is -2.09. The van der Waals surface area contributed by atoms with E-state index in [0.717, 1.165) is 0 Å². The largest absolute Gasteiger partial charge is 0.279 e. The molecule has 1 aromatic heterocycles. The van der Waals surface area contributed by atoms with Crippen molar-refractivity contribution in [1.29, 1.82) is 0 Å². The highest BCUT2D eigenvalue weighted by molar-refractivity contribution is 7.92. The maximum Gasteiger partial charge on any atom is 0.264 e. The zero-order valence-electron chi connectivity index (χ0n) is 9.27. The monoisotopic (exact) mass is 336 g/mol. The number of pyridine rings is 1. The highest BCUT2D eigenvalue weighted by Crippen LogP contribution is 2.26. The zero-order valence-corrected chi connectivity index (χ0v) is 12.4. The van der Waals surface area contributed by atoms with Crippen molar-refractivity contribution < 1.29 is 8.42 Å². The van der Waals surface area contributed by atoms with Gasteiger partial charge in [0.25, 0.3) is 10.0 Å². The smallest absolute Gasteiger partial charge is 0.264 e. The van der Waals surface area contributed by atoms with E-state index in [1.54, 1.807) is 0 Å². The molecular formula is C11H7Cl3N2O2S. The standard InChI is InChI=1S/C11H7Cl3N2O2S/c12-7-4-8(13)6-9(5-7)16-19(17,18)10-2-1-3-15-11(10)14/h1-6,16H. The van der Waals surface area contributed by atoms with Gasteiger partial charge in [0, 0.05) is 16.2 Å². The van der Waals surface area contributed by atoms with Crippen molar-refractivity contribution >= 4 is 50.5 Å². The van der Waals surface area contributed by atoms with Gasteiger partial charge in [0.2, 0.25) is 0 Å². The number of sulfonamides is 1. The molecule has 0 aliphatic heterocycles. The molecule has 2 aromatic rings. The number of rotatable bonds is 3. The van der Waals surface area contributed by atoms with Gasteiger partial charge in [-0.15, -0.1) is 0 Å². The Morgan fingerprint density at radius 3 is 2.26 bits per heavy atom. The van der Waals surface area contributed by atoms with Crippen LogP contribution >= 0.6 is 34.8 Å². The number of nitrogens with zero attached hydrogens (tertiary/aromatic N) is 1. The zero-order chi connectivity index (χ0) is 14.0. The van der Waals surface area contributed by atoms with Crippen molar-refractivity contribution in [2.24, 2.45) is 0 Å². The summed E-state index contributed by atoms with van der Waals surface area (Å²) < 4.78 is 26.6. The molecule has 1 heterocycles. The van der Waals surface area contributed by atoms with Crippen LogP contribution in [-0.2, 0) is 10.0 Å². The van der Waals surface area contributed by atoms with Crippen LogP contribution in [0.1, 0.15) is 0 Å². The fourth-order valence-electron chi connectivity index (χ4n) is 1.39. The molecule has 0 spiro atoms. The molecule has 1 aromatic carbocycles. The Labute approximate surface area is 125 Å². The number of benzene rings is 1. The summed E-state index contributed by atoms with van der Waals surface area (Å²) in [7, 11) is -3.84. The van der Waals surface area contributed by atoms with Gasteiger partial charge >= 0.3 is 0 Å². The van der Waals surface area contributed by atoms with Gasteiger partial charge in [0.1, 0.15) is 10.0 Å². The SMILES string of the molecule is O=S(=O)(Nc1cc(Cl)cc(Cl)c1)c1cccnc1Cl. The first-order valence-corrected chi connectivity index (χ1v) is 7.59. The highest BCUT2D eigenvalue weighted by atomic mass is 35.5. The lowest BCUT2D eigenvalue weighted by molar-refractivity contribution is 0.601. The third kappa shape index (κ3) is 3.51. The van der Waals surface area contributed by atoms with Crippen molar-refractivity contribution in [3.63, 3.8) is 0 Å². The number of halogens is 3. The third-order valence-electron chi connectivity index (χ3n) is 2.13. The summed E-state index contributed by atoms with van der Waals surface area (Å²) in [6.07, 6.45) is 1.40. The van der Waals surface area contributed by atoms with Crippen molar-refractivity contribution in [2.45, 2.75) is 4.90 Å². The Morgan fingerprint density at radius 1 is 1.05 bits per heavy atom. The van der Waals surface area contributed by atoms with Crippen LogP contribution in [0.4, 0.5) is 5.69 Å². The summed E-state index contributed by atoms with van der Waals surface area (Å²) in [5.74, 6) is 0. The molecule has 0 fully saturated rings. The van der Waals surface area contributed by atoms with E-state index in [1.807, 2.05) is 0 Å². The Hall–Kier alpha value is -1.01. The van der Waals surface area contributed by atoms with E-state index in [1.165, 1.54) is 36.5 Å². The van der Waals surface area contributed by atoms with E-state index < -0.39 is 10.0 Å². The molecule has 0 saturated heterocycles. The van der Waals surface area contributed by atoms with Crippen molar-refractivity contribution in [3.8, 4) is 0 Å². The van der Waals surface area contributed by atoms with Gasteiger partial charge in [-0.25, -0.2) is 13.4 Å². The number of nitrogens with one attached hydrogen (secondary N) is 1. The molecule has 0 unspecified atom stereocenters. The minimum atomic E-state index is -3.84. The van der Waals surface area contributed by atoms with E-state index in [-0.39, 0.29) is 15.7 Å². The first kappa shape index (κ1) is 14.4. The lowest BCUT2D eigenvalue weighted by Crippen LogP contribution is -2.13. The molecular weight excluding hydrogens is 331 g/mol. The van der Waals surface area contributed by atoms with Gasteiger partial charge in [-0.2, -0.15) is 0 Å². The van der Waals surface area contributed by atoms with Crippen LogP contribution < -0.4 is 4.72 Å². The second kappa shape index (κ2) is 5.54. The van der Waals surface area contributed by atoms with Crippen LogP contribution in [-0.4, -0.2) is 13.4 Å². The summed E-state index contributed by atoms with van der Waals surface area (Å²) in [6, 6.07) is 7.21. The van der Waals surface area contributed by atoms with Gasteiger partial charge in [-0.05, 0) is 30.3 Å². The lowest BCUT2D eigenvalue weighted by atomic mass is 10.3. The molecule has 0 radical (unpaired) electrons. The van der Waals surface area contributed by atoms with Crippen LogP contribution in [0, 0.1) is 0 Å². The summed E-state index contributed by atoms with van der Waals surface area (Å²) in [5, 5.41) is 0.535. The first-order chi connectivity index (χ1) is 8.88. The molecule has 8 heteroatoms. The Kier molecular flexibility index (Phi) is 4.20. The Morgan fingerprint density at radius 2 is 1.68 bits per heavy atom. The summed E-state index contributed by atoms with van der Waals surface area (Å²) in [5.41, 5.74) is 0.248. The van der Waals surface area contributed by atoms with Gasteiger partial charge in [-0.1, -0.05) is 34.8 Å². The average molecular weight is 338 g/mol. The molecule has 0 amide bonds. The molecule has 4 nitrogen and oxygen atoms in total. The van der Waals surface area contributed by atoms with Gasteiger partial charge in [0.05, 0.1) is 5.69 Å². The van der Waals surface area contributed by atoms with Gasteiger partial charge in [0.15, 0.2) is 0 Å². The number of hydrogen-bond donors (Lipinski definition) is 1. The molecule has 0 aliphatic rings. The predicted octanol–water partition coefficient (Wildman–Crippen LogP) is 3.84. The van der Waals surface area contributed by atoms with Crippen LogP contribution in [0.2, 0.25) is 15.2 Å². The number of anilines is 1. The molecule has 1 N–H and O–H groups in total. The van der Waals surface area contributed by atoms with Crippen LogP contribution in [0.25, 0.3) is 0 Å². The normalized spacial score (nSPS) is 11.3. The third-order valence-corrected chi connectivity index (χ3v) is 4.39. The molecule has 19 heavy (non-hydrogen) atoms. The Bertz CT molecular complexity index is 699. The quantitative estimate of drug-likeness (QED) is 0.866. The van der Waals surface area contributed by atoms with Crippen molar-refractivity contribution in [2.75, 3.05) is 4.72 Å². The Balaban J connectivity index is 2.39. The molecule has 0 aliphatic carbocycles. The van der Waals surface area contributed by atoms with Gasteiger partial charge < -0.3 is 0 Å². The van der Waals surface area contributed by atoms with E-state index in [9.17, 15) is 8.42 Å². The molecule has 0 atom stereocenters. The van der Waals surface area contributed by atoms with Gasteiger partial charge in [-0.3, -0.25) is 4.72 Å². The maximum absolute atomic E-state index is 12.1. The highest BCUT2D eigenvalue weighted by Gasteiger charge is 2.18. The minimum absolute atomic E-state index is 0.108. The minimum Gasteiger partial charge on any atom is -0.279 e. The van der Waals surface area contributed by atoms with E-state index >= 15 is 0 Å². The topological polar surface area (TPSA) is 59.1 Å². The summed E-state index contributed by atoms with van der Waals surface area (Å²) in [6.45, 7) is 0. The average Bonchev–Trinajstić information content (AvgIpc) is 2.26. The summed E-state index contributed by atoms with van der Waals surface area (Å²) in [4.78, 5) is 3.60. The molecule has 0 saturated carbocycles. The van der Waals surface area contributed by atoms with E-state index in [0.29, 0.717) is 10.0 Å². The van der Waals surface area contributed by atoms with Crippen LogP contribution in [0.5, 0.6) is 0 Å². The predicted molar refractivity (Wildman–Crippen MR) is 76.5 cm³/mol. The second-order valence-electron chi connectivity index (χ2n) is 3.56. The molecule has 100 valence electrons. The van der Waals surface area contributed by atoms with E-state index in [2.05, 4.69) is 9.71 Å². The fourth-order valence-corrected chi connectivity index (χ4v) is 3.41. The molecule has 2 rings (SSSR count). The summed E-state index contributed by atoms with van der Waals surface area (Å²) >= 11 is 17.4. The maximum atomic E-state index is 12.1. The second-order valence-corrected chi connectivity index (χ2v) is 6.44. The molecule has 0 bridgehead atoms. The number of aromatic nitrogens is 1. The first-order valence-electron chi connectivity index (χ1n) is 4.98.